The van der Waals surface area contributed by atoms with Crippen LogP contribution < -0.4 is 14.9 Å². The molecule has 0 unspecified atom stereocenters. The van der Waals surface area contributed by atoms with Crippen molar-refractivity contribution in [3.63, 3.8) is 0 Å². The summed E-state index contributed by atoms with van der Waals surface area (Å²) in [6.45, 7) is 4.61. The zero-order valence-electron chi connectivity index (χ0n) is 16.5. The number of nitrogens with zero attached hydrogens (tertiary/aromatic N) is 2. The van der Waals surface area contributed by atoms with Gasteiger partial charge < -0.3 is 14.9 Å². The second kappa shape index (κ2) is 10.1. The fraction of sp³-hybridized carbons (Fsp3) is 0.300. The molecule has 0 aliphatic carbocycles. The van der Waals surface area contributed by atoms with Crippen molar-refractivity contribution in [2.45, 2.75) is 33.4 Å². The topological polar surface area (TPSA) is 64.1 Å². The van der Waals surface area contributed by atoms with Gasteiger partial charge in [0.25, 0.3) is 0 Å². The standard InChI is InChI=1S/C20H21Cl2FN4O2S/c1-3-19-25-26-20(30)27(19)24-10-12-8-17(28-4-2)18(9-15(12)22)29-11-13-14(21)6-5-7-16(13)23/h5-9,24H,3-4,10-11H2,1-2H3,(H,26,30). The molecule has 1 heterocycles. The molecule has 0 fully saturated rings. The summed E-state index contributed by atoms with van der Waals surface area (Å²) in [7, 11) is 0. The summed E-state index contributed by atoms with van der Waals surface area (Å²) >= 11 is 17.8. The van der Waals surface area contributed by atoms with Gasteiger partial charge in [-0.2, -0.15) is 5.10 Å². The van der Waals surface area contributed by atoms with Crippen LogP contribution in [0.5, 0.6) is 11.5 Å². The Morgan fingerprint density at radius 1 is 1.17 bits per heavy atom. The second-order valence-electron chi connectivity index (χ2n) is 6.28. The molecule has 6 nitrogen and oxygen atoms in total. The van der Waals surface area contributed by atoms with Crippen LogP contribution in [0.15, 0.2) is 30.3 Å². The fourth-order valence-corrected chi connectivity index (χ4v) is 3.46. The van der Waals surface area contributed by atoms with Crippen molar-refractivity contribution in [2.75, 3.05) is 12.0 Å². The van der Waals surface area contributed by atoms with Crippen molar-refractivity contribution >= 4 is 35.4 Å². The summed E-state index contributed by atoms with van der Waals surface area (Å²) in [6, 6.07) is 7.92. The van der Waals surface area contributed by atoms with Gasteiger partial charge in [0, 0.05) is 23.1 Å². The van der Waals surface area contributed by atoms with Crippen LogP contribution in [0.2, 0.25) is 10.0 Å². The summed E-state index contributed by atoms with van der Waals surface area (Å²) in [5.41, 5.74) is 4.25. The lowest BCUT2D eigenvalue weighted by Crippen LogP contribution is -2.17. The maximum Gasteiger partial charge on any atom is 0.214 e. The van der Waals surface area contributed by atoms with Crippen LogP contribution in [-0.2, 0) is 19.6 Å². The van der Waals surface area contributed by atoms with Gasteiger partial charge in [0.2, 0.25) is 4.77 Å². The monoisotopic (exact) mass is 470 g/mol. The smallest absolute Gasteiger partial charge is 0.214 e. The number of hydrogen-bond acceptors (Lipinski definition) is 5. The average molecular weight is 471 g/mol. The highest BCUT2D eigenvalue weighted by atomic mass is 35.5. The van der Waals surface area contributed by atoms with E-state index in [1.807, 2.05) is 13.8 Å². The average Bonchev–Trinajstić information content (AvgIpc) is 3.08. The van der Waals surface area contributed by atoms with Crippen LogP contribution in [0, 0.1) is 10.6 Å². The Hall–Kier alpha value is -2.29. The van der Waals surface area contributed by atoms with Gasteiger partial charge in [-0.25, -0.2) is 9.07 Å². The van der Waals surface area contributed by atoms with Gasteiger partial charge in [0.05, 0.1) is 18.2 Å². The predicted octanol–water partition coefficient (Wildman–Crippen LogP) is 5.67. The number of aromatic nitrogens is 3. The van der Waals surface area contributed by atoms with E-state index in [9.17, 15) is 4.39 Å². The van der Waals surface area contributed by atoms with Gasteiger partial charge in [-0.15, -0.1) is 0 Å². The third kappa shape index (κ3) is 5.06. The summed E-state index contributed by atoms with van der Waals surface area (Å²) in [4.78, 5) is 0. The molecule has 0 atom stereocenters. The molecular weight excluding hydrogens is 450 g/mol. The van der Waals surface area contributed by atoms with Gasteiger partial charge >= 0.3 is 0 Å². The molecule has 0 bridgehead atoms. The Kier molecular flexibility index (Phi) is 7.58. The number of rotatable bonds is 9. The van der Waals surface area contributed by atoms with Crippen LogP contribution in [0.1, 0.15) is 30.8 Å². The minimum Gasteiger partial charge on any atom is -0.490 e. The van der Waals surface area contributed by atoms with E-state index < -0.39 is 5.82 Å². The molecule has 0 saturated heterocycles. The van der Waals surface area contributed by atoms with E-state index in [-0.39, 0.29) is 12.2 Å². The number of nitrogens with one attached hydrogen (secondary N) is 2. The fourth-order valence-electron chi connectivity index (χ4n) is 2.81. The molecule has 0 radical (unpaired) electrons. The normalized spacial score (nSPS) is 10.8. The van der Waals surface area contributed by atoms with Crippen molar-refractivity contribution in [2.24, 2.45) is 0 Å². The van der Waals surface area contributed by atoms with Gasteiger partial charge in [-0.05, 0) is 42.9 Å². The summed E-state index contributed by atoms with van der Waals surface area (Å²) < 4.78 is 27.7. The molecule has 0 aliphatic heterocycles. The first-order valence-electron chi connectivity index (χ1n) is 9.35. The maximum absolute atomic E-state index is 14.0. The third-order valence-corrected chi connectivity index (χ3v) is 5.31. The first-order chi connectivity index (χ1) is 14.4. The van der Waals surface area contributed by atoms with Crippen molar-refractivity contribution in [3.05, 3.63) is 67.9 Å². The maximum atomic E-state index is 14.0. The Labute approximate surface area is 188 Å². The first kappa shape index (κ1) is 22.4. The first-order valence-corrected chi connectivity index (χ1v) is 10.5. The van der Waals surface area contributed by atoms with E-state index in [2.05, 4.69) is 15.6 Å². The number of aromatic amines is 1. The van der Waals surface area contributed by atoms with Crippen molar-refractivity contribution in [1.29, 1.82) is 0 Å². The van der Waals surface area contributed by atoms with Gasteiger partial charge in [0.1, 0.15) is 12.4 Å². The molecule has 1 aromatic heterocycles. The number of benzene rings is 2. The highest BCUT2D eigenvalue weighted by Gasteiger charge is 2.14. The van der Waals surface area contributed by atoms with Crippen LogP contribution in [0.25, 0.3) is 0 Å². The minimum absolute atomic E-state index is 0.0520. The molecular formula is C20H21Cl2FN4O2S. The van der Waals surface area contributed by atoms with Crippen LogP contribution in [0.4, 0.5) is 4.39 Å². The second-order valence-corrected chi connectivity index (χ2v) is 7.48. The SMILES string of the molecule is CCOc1cc(CNn2c(CC)n[nH]c2=S)c(Cl)cc1OCc1c(F)cccc1Cl. The van der Waals surface area contributed by atoms with E-state index in [1.165, 1.54) is 6.07 Å². The third-order valence-electron chi connectivity index (χ3n) is 4.33. The Morgan fingerprint density at radius 3 is 2.63 bits per heavy atom. The number of hydrogen-bond donors (Lipinski definition) is 2. The molecule has 10 heteroatoms. The lowest BCUT2D eigenvalue weighted by molar-refractivity contribution is 0.265. The molecule has 2 N–H and O–H groups in total. The molecule has 3 aromatic rings. The molecule has 160 valence electrons. The number of ether oxygens (including phenoxy) is 2. The molecule has 0 amide bonds. The number of aryl methyl sites for hydroxylation is 1. The van der Waals surface area contributed by atoms with Crippen molar-refractivity contribution in [1.82, 2.24) is 14.9 Å². The van der Waals surface area contributed by atoms with Crippen LogP contribution in [-0.4, -0.2) is 21.5 Å². The molecule has 0 spiro atoms. The quantitative estimate of drug-likeness (QED) is 0.394. The molecule has 0 saturated carbocycles. The summed E-state index contributed by atoms with van der Waals surface area (Å²) in [6.07, 6.45) is 0.712. The zero-order valence-corrected chi connectivity index (χ0v) is 18.8. The number of H-pyrrole nitrogens is 1. The molecule has 3 rings (SSSR count). The van der Waals surface area contributed by atoms with Gasteiger partial charge in [-0.3, -0.25) is 5.10 Å². The number of halogens is 3. The van der Waals surface area contributed by atoms with E-state index in [1.54, 1.807) is 28.9 Å². The zero-order chi connectivity index (χ0) is 21.7. The molecule has 2 aromatic carbocycles. The van der Waals surface area contributed by atoms with E-state index in [0.717, 1.165) is 11.4 Å². The largest absolute Gasteiger partial charge is 0.490 e. The van der Waals surface area contributed by atoms with Gasteiger partial charge in [-0.1, -0.05) is 36.2 Å². The van der Waals surface area contributed by atoms with Crippen LogP contribution >= 0.6 is 35.4 Å². The predicted molar refractivity (Wildman–Crippen MR) is 118 cm³/mol. The highest BCUT2D eigenvalue weighted by molar-refractivity contribution is 7.71. The minimum atomic E-state index is -0.434. The van der Waals surface area contributed by atoms with Crippen LogP contribution in [0.3, 0.4) is 0 Å². The molecule has 30 heavy (non-hydrogen) atoms. The summed E-state index contributed by atoms with van der Waals surface area (Å²) in [5, 5.41) is 7.68. The van der Waals surface area contributed by atoms with Crippen molar-refractivity contribution in [3.8, 4) is 11.5 Å². The Balaban J connectivity index is 1.81. The lowest BCUT2D eigenvalue weighted by atomic mass is 10.2. The van der Waals surface area contributed by atoms with Gasteiger partial charge in [0.15, 0.2) is 17.3 Å². The Bertz CT molecular complexity index is 1070. The Morgan fingerprint density at radius 2 is 1.93 bits per heavy atom. The lowest BCUT2D eigenvalue weighted by Gasteiger charge is -2.16. The highest BCUT2D eigenvalue weighted by Crippen LogP contribution is 2.35. The van der Waals surface area contributed by atoms with E-state index >= 15 is 0 Å². The van der Waals surface area contributed by atoms with Crippen molar-refractivity contribution < 1.29 is 13.9 Å². The van der Waals surface area contributed by atoms with E-state index in [0.29, 0.717) is 45.9 Å². The molecule has 0 aliphatic rings. The van der Waals surface area contributed by atoms with E-state index in [4.69, 9.17) is 44.9 Å². The summed E-state index contributed by atoms with van der Waals surface area (Å²) in [5.74, 6) is 1.25.